The molecule has 0 fully saturated rings. The van der Waals surface area contributed by atoms with Gasteiger partial charge in [0.2, 0.25) is 0 Å². The zero-order chi connectivity index (χ0) is 14.5. The molecule has 0 heterocycles. The van der Waals surface area contributed by atoms with Crippen LogP contribution >= 0.6 is 0 Å². The quantitative estimate of drug-likeness (QED) is 0.727. The number of amides is 1. The molecule has 6 nitrogen and oxygen atoms in total. The predicted molar refractivity (Wildman–Crippen MR) is 72.5 cm³/mol. The molecule has 19 heavy (non-hydrogen) atoms. The van der Waals surface area contributed by atoms with E-state index in [9.17, 15) is 9.90 Å². The van der Waals surface area contributed by atoms with Crippen molar-refractivity contribution in [2.45, 2.75) is 26.4 Å². The maximum Gasteiger partial charge on any atom is 0.412 e. The normalized spacial score (nSPS) is 10.9. The fourth-order valence-corrected chi connectivity index (χ4v) is 1.30. The number of phenols is 1. The summed E-state index contributed by atoms with van der Waals surface area (Å²) in [5.74, 6) is 0.445. The number of nitrogens with one attached hydrogen (secondary N) is 1. The van der Waals surface area contributed by atoms with Crippen molar-refractivity contribution in [1.82, 2.24) is 0 Å². The maximum absolute atomic E-state index is 11.6. The van der Waals surface area contributed by atoms with E-state index in [0.29, 0.717) is 18.9 Å². The average molecular weight is 268 g/mol. The predicted octanol–water partition coefficient (Wildman–Crippen LogP) is 2.08. The van der Waals surface area contributed by atoms with Gasteiger partial charge in [0.1, 0.15) is 23.7 Å². The molecule has 106 valence electrons. The minimum atomic E-state index is -0.640. The lowest BCUT2D eigenvalue weighted by Gasteiger charge is -2.20. The highest BCUT2D eigenvalue weighted by atomic mass is 16.6. The molecule has 0 radical (unpaired) electrons. The fraction of sp³-hybridized carbons (Fsp3) is 0.462. The van der Waals surface area contributed by atoms with E-state index >= 15 is 0 Å². The second-order valence-electron chi connectivity index (χ2n) is 4.94. The van der Waals surface area contributed by atoms with Crippen molar-refractivity contribution in [3.63, 3.8) is 0 Å². The molecule has 0 atom stereocenters. The molecule has 4 N–H and O–H groups in total. The van der Waals surface area contributed by atoms with E-state index in [2.05, 4.69) is 5.32 Å². The first-order valence-electron chi connectivity index (χ1n) is 5.98. The first-order chi connectivity index (χ1) is 8.81. The lowest BCUT2D eigenvalue weighted by Crippen LogP contribution is -2.27. The van der Waals surface area contributed by atoms with Crippen LogP contribution in [0.25, 0.3) is 0 Å². The number of nitrogens with two attached hydrogens (primary N) is 1. The average Bonchev–Trinajstić information content (AvgIpc) is 2.27. The van der Waals surface area contributed by atoms with E-state index in [-0.39, 0.29) is 11.4 Å². The van der Waals surface area contributed by atoms with Crippen LogP contribution in [0.3, 0.4) is 0 Å². The van der Waals surface area contributed by atoms with Crippen LogP contribution in [-0.2, 0) is 4.74 Å². The third-order valence-corrected chi connectivity index (χ3v) is 1.99. The van der Waals surface area contributed by atoms with Gasteiger partial charge < -0.3 is 20.3 Å². The van der Waals surface area contributed by atoms with Crippen molar-refractivity contribution in [1.29, 1.82) is 0 Å². The lowest BCUT2D eigenvalue weighted by atomic mass is 10.2. The summed E-state index contributed by atoms with van der Waals surface area (Å²) in [4.78, 5) is 11.6. The van der Waals surface area contributed by atoms with Crippen LogP contribution in [0.2, 0.25) is 0 Å². The molecule has 0 aliphatic carbocycles. The van der Waals surface area contributed by atoms with Gasteiger partial charge in [-0.2, -0.15) is 0 Å². The molecular formula is C13H20N2O4. The minimum absolute atomic E-state index is 0.0639. The Balaban J connectivity index is 2.73. The zero-order valence-electron chi connectivity index (χ0n) is 11.4. The summed E-state index contributed by atoms with van der Waals surface area (Å²) in [5.41, 5.74) is 4.95. The maximum atomic E-state index is 11.6. The minimum Gasteiger partial charge on any atom is -0.506 e. The van der Waals surface area contributed by atoms with Gasteiger partial charge in [-0.3, -0.25) is 5.32 Å². The number of carbonyl (C=O) groups is 1. The molecule has 0 saturated carbocycles. The highest BCUT2D eigenvalue weighted by molar-refractivity contribution is 5.87. The molecule has 6 heteroatoms. The van der Waals surface area contributed by atoms with Gasteiger partial charge in [-0.25, -0.2) is 4.79 Å². The topological polar surface area (TPSA) is 93.8 Å². The molecule has 0 aromatic heterocycles. The Morgan fingerprint density at radius 1 is 1.42 bits per heavy atom. The third kappa shape index (κ3) is 5.48. The number of aromatic hydroxyl groups is 1. The molecule has 1 aromatic rings. The number of hydrogen-bond acceptors (Lipinski definition) is 5. The van der Waals surface area contributed by atoms with Gasteiger partial charge in [0.25, 0.3) is 0 Å². The van der Waals surface area contributed by atoms with Gasteiger partial charge in [-0.05, 0) is 32.9 Å². The molecule has 0 spiro atoms. The zero-order valence-corrected chi connectivity index (χ0v) is 11.4. The van der Waals surface area contributed by atoms with Gasteiger partial charge in [0, 0.05) is 12.6 Å². The summed E-state index contributed by atoms with van der Waals surface area (Å²) in [6, 6.07) is 4.53. The highest BCUT2D eigenvalue weighted by Gasteiger charge is 2.17. The van der Waals surface area contributed by atoms with Crippen molar-refractivity contribution in [2.24, 2.45) is 5.73 Å². The van der Waals surface area contributed by atoms with E-state index < -0.39 is 11.7 Å². The Bertz CT molecular complexity index is 441. The molecule has 0 saturated heterocycles. The first kappa shape index (κ1) is 15.1. The van der Waals surface area contributed by atoms with Crippen molar-refractivity contribution in [3.8, 4) is 11.5 Å². The van der Waals surface area contributed by atoms with Crippen LogP contribution < -0.4 is 15.8 Å². The van der Waals surface area contributed by atoms with E-state index in [1.54, 1.807) is 26.8 Å². The van der Waals surface area contributed by atoms with E-state index in [0.717, 1.165) is 0 Å². The number of ether oxygens (including phenoxy) is 2. The third-order valence-electron chi connectivity index (χ3n) is 1.99. The van der Waals surface area contributed by atoms with Crippen LogP contribution in [0.15, 0.2) is 18.2 Å². The fourth-order valence-electron chi connectivity index (χ4n) is 1.30. The summed E-state index contributed by atoms with van der Waals surface area (Å²) in [6.07, 6.45) is -0.640. The molecule has 0 aliphatic heterocycles. The first-order valence-corrected chi connectivity index (χ1v) is 5.98. The monoisotopic (exact) mass is 268 g/mol. The van der Waals surface area contributed by atoms with Crippen LogP contribution in [0.4, 0.5) is 10.5 Å². The van der Waals surface area contributed by atoms with Crippen molar-refractivity contribution < 1.29 is 19.4 Å². The summed E-state index contributed by atoms with van der Waals surface area (Å²) < 4.78 is 10.4. The van der Waals surface area contributed by atoms with Crippen LogP contribution in [0, 0.1) is 0 Å². The summed E-state index contributed by atoms with van der Waals surface area (Å²) in [6.45, 7) is 6.01. The van der Waals surface area contributed by atoms with E-state index in [1.807, 2.05) is 0 Å². The number of anilines is 1. The second kappa shape index (κ2) is 6.29. The number of rotatable bonds is 4. The Hall–Kier alpha value is -1.95. The number of carbonyl (C=O) groups excluding carboxylic acids is 1. The Kier molecular flexibility index (Phi) is 5.00. The van der Waals surface area contributed by atoms with Gasteiger partial charge in [-0.15, -0.1) is 0 Å². The highest BCUT2D eigenvalue weighted by Crippen LogP contribution is 2.28. The molecule has 1 amide bonds. The van der Waals surface area contributed by atoms with Gasteiger partial charge in [-0.1, -0.05) is 0 Å². The standard InChI is InChI=1S/C13H20N2O4/c1-13(2,3)19-12(17)15-10-8-9(18-7-6-14)4-5-11(10)16/h4-5,8,16H,6-7,14H2,1-3H3,(H,15,17). The molecule has 0 aliphatic rings. The molecular weight excluding hydrogens is 248 g/mol. The summed E-state index contributed by atoms with van der Waals surface area (Å²) >= 11 is 0. The summed E-state index contributed by atoms with van der Waals surface area (Å²) in [5, 5.41) is 12.1. The smallest absolute Gasteiger partial charge is 0.412 e. The molecule has 0 unspecified atom stereocenters. The van der Waals surface area contributed by atoms with E-state index in [1.165, 1.54) is 12.1 Å². The Morgan fingerprint density at radius 2 is 2.11 bits per heavy atom. The van der Waals surface area contributed by atoms with Crippen molar-refractivity contribution >= 4 is 11.8 Å². The second-order valence-corrected chi connectivity index (χ2v) is 4.94. The molecule has 1 aromatic carbocycles. The lowest BCUT2D eigenvalue weighted by molar-refractivity contribution is 0.0635. The largest absolute Gasteiger partial charge is 0.506 e. The SMILES string of the molecule is CC(C)(C)OC(=O)Nc1cc(OCCN)ccc1O. The van der Waals surface area contributed by atoms with Crippen LogP contribution in [0.5, 0.6) is 11.5 Å². The van der Waals surface area contributed by atoms with Gasteiger partial charge in [0.05, 0.1) is 5.69 Å². The van der Waals surface area contributed by atoms with Crippen LogP contribution in [-0.4, -0.2) is 30.0 Å². The Labute approximate surface area is 112 Å². The van der Waals surface area contributed by atoms with Gasteiger partial charge in [0.15, 0.2) is 0 Å². The number of benzene rings is 1. The number of hydrogen-bond donors (Lipinski definition) is 3. The van der Waals surface area contributed by atoms with Crippen molar-refractivity contribution in [3.05, 3.63) is 18.2 Å². The van der Waals surface area contributed by atoms with Crippen molar-refractivity contribution in [2.75, 3.05) is 18.5 Å². The molecule has 1 rings (SSSR count). The van der Waals surface area contributed by atoms with Gasteiger partial charge >= 0.3 is 6.09 Å². The number of phenolic OH excluding ortho intramolecular Hbond substituents is 1. The summed E-state index contributed by atoms with van der Waals surface area (Å²) in [7, 11) is 0. The van der Waals surface area contributed by atoms with Crippen LogP contribution in [0.1, 0.15) is 20.8 Å². The van der Waals surface area contributed by atoms with E-state index in [4.69, 9.17) is 15.2 Å². The molecule has 0 bridgehead atoms. The Morgan fingerprint density at radius 3 is 2.68 bits per heavy atom.